The van der Waals surface area contributed by atoms with E-state index < -0.39 is 8.32 Å². The van der Waals surface area contributed by atoms with Gasteiger partial charge in [0.1, 0.15) is 5.25 Å². The summed E-state index contributed by atoms with van der Waals surface area (Å²) in [7, 11) is -0.0900. The Balaban J connectivity index is 2.77. The molecule has 0 fully saturated rings. The zero-order chi connectivity index (χ0) is 13.8. The van der Waals surface area contributed by atoms with Crippen molar-refractivity contribution in [1.29, 1.82) is 0 Å². The minimum Gasteiger partial charge on any atom is -0.548 e. The number of rotatable bonds is 5. The van der Waals surface area contributed by atoms with E-state index in [2.05, 4.69) is 25.7 Å². The van der Waals surface area contributed by atoms with E-state index in [0.29, 0.717) is 0 Å². The van der Waals surface area contributed by atoms with Crippen molar-refractivity contribution in [1.82, 2.24) is 0 Å². The largest absolute Gasteiger partial charge is 0.548 e. The zero-order valence-electron chi connectivity index (χ0n) is 12.0. The monoisotopic (exact) mass is 288 g/mol. The van der Waals surface area contributed by atoms with Crippen LogP contribution in [-0.4, -0.2) is 32.9 Å². The van der Waals surface area contributed by atoms with Crippen LogP contribution in [0.1, 0.15) is 19.3 Å². The van der Waals surface area contributed by atoms with E-state index in [9.17, 15) is 4.79 Å². The van der Waals surface area contributed by atoms with Gasteiger partial charge in [0, 0.05) is 12.3 Å². The number of ether oxygens (including phenoxy) is 1. The maximum atomic E-state index is 11.7. The minimum absolute atomic E-state index is 0.101. The predicted molar refractivity (Wildman–Crippen MR) is 79.2 cm³/mol. The molecule has 0 aromatic carbocycles. The van der Waals surface area contributed by atoms with Gasteiger partial charge in [-0.1, -0.05) is 0 Å². The molecule has 2 atom stereocenters. The molecule has 5 heteroatoms. The Hall–Kier alpha value is -0.423. The molecule has 0 spiro atoms. The number of carbonyl (C=O) groups is 1. The Bertz CT molecular complexity index is 323. The second-order valence-corrected chi connectivity index (χ2v) is 11.0. The van der Waals surface area contributed by atoms with E-state index in [-0.39, 0.29) is 17.1 Å². The molecule has 0 bridgehead atoms. The highest BCUT2D eigenvalue weighted by atomic mass is 32.2. The standard InChI is InChI=1S/C13H24O3SSi/c1-15-13(14)12(17-2)10-7-6-8-11(9-10)16-18(3,4)5/h9-10,12H,6-8H2,1-5H3. The summed E-state index contributed by atoms with van der Waals surface area (Å²) < 4.78 is 10.9. The third-order valence-corrected chi connectivity index (χ3v) is 4.80. The first-order chi connectivity index (χ1) is 8.37. The first-order valence-corrected chi connectivity index (χ1v) is 11.1. The maximum absolute atomic E-state index is 11.7. The van der Waals surface area contributed by atoms with Crippen molar-refractivity contribution in [3.63, 3.8) is 0 Å². The summed E-state index contributed by atoms with van der Waals surface area (Å²) in [5.74, 6) is 1.19. The van der Waals surface area contributed by atoms with Crippen molar-refractivity contribution in [2.24, 2.45) is 5.92 Å². The van der Waals surface area contributed by atoms with Crippen LogP contribution in [0.5, 0.6) is 0 Å². The van der Waals surface area contributed by atoms with E-state index >= 15 is 0 Å². The fourth-order valence-corrected chi connectivity index (χ4v) is 4.01. The van der Waals surface area contributed by atoms with Crippen molar-refractivity contribution >= 4 is 26.0 Å². The highest BCUT2D eigenvalue weighted by Gasteiger charge is 2.30. The predicted octanol–water partition coefficient (Wildman–Crippen LogP) is 3.43. The van der Waals surface area contributed by atoms with Crippen molar-refractivity contribution in [2.75, 3.05) is 13.4 Å². The van der Waals surface area contributed by atoms with Crippen LogP contribution in [0.25, 0.3) is 0 Å². The quantitative estimate of drug-likeness (QED) is 0.573. The fraction of sp³-hybridized carbons (Fsp3) is 0.769. The number of esters is 1. The summed E-state index contributed by atoms with van der Waals surface area (Å²) in [6.07, 6.45) is 7.25. The van der Waals surface area contributed by atoms with E-state index in [0.717, 1.165) is 25.0 Å². The number of hydrogen-bond donors (Lipinski definition) is 0. The molecule has 104 valence electrons. The van der Waals surface area contributed by atoms with Crippen molar-refractivity contribution < 1.29 is 14.0 Å². The van der Waals surface area contributed by atoms with Gasteiger partial charge < -0.3 is 9.16 Å². The smallest absolute Gasteiger partial charge is 0.319 e. The molecule has 0 aromatic rings. The SMILES string of the molecule is COC(=O)C(SC)C1C=C(O[Si](C)(C)C)CCC1. The molecule has 1 aliphatic rings. The van der Waals surface area contributed by atoms with Crippen LogP contribution in [-0.2, 0) is 14.0 Å². The summed E-state index contributed by atoms with van der Waals surface area (Å²) in [5.41, 5.74) is 0. The van der Waals surface area contributed by atoms with Gasteiger partial charge in [0.2, 0.25) is 8.32 Å². The zero-order valence-corrected chi connectivity index (χ0v) is 13.8. The number of thioether (sulfide) groups is 1. The summed E-state index contributed by atoms with van der Waals surface area (Å²) in [5, 5.41) is -0.101. The van der Waals surface area contributed by atoms with E-state index in [1.807, 2.05) is 6.26 Å². The van der Waals surface area contributed by atoms with Crippen molar-refractivity contribution in [3.05, 3.63) is 11.8 Å². The third kappa shape index (κ3) is 4.69. The van der Waals surface area contributed by atoms with Gasteiger partial charge in [0.25, 0.3) is 0 Å². The molecule has 2 unspecified atom stereocenters. The number of methoxy groups -OCH3 is 1. The second-order valence-electron chi connectivity index (χ2n) is 5.58. The Morgan fingerprint density at radius 1 is 1.50 bits per heavy atom. The van der Waals surface area contributed by atoms with Gasteiger partial charge in [-0.2, -0.15) is 0 Å². The van der Waals surface area contributed by atoms with Gasteiger partial charge >= 0.3 is 5.97 Å². The van der Waals surface area contributed by atoms with Crippen LogP contribution in [0.3, 0.4) is 0 Å². The summed E-state index contributed by atoms with van der Waals surface area (Å²) >= 11 is 1.57. The van der Waals surface area contributed by atoms with Crippen molar-refractivity contribution in [3.8, 4) is 0 Å². The highest BCUT2D eigenvalue weighted by molar-refractivity contribution is 7.99. The molecule has 0 radical (unpaired) electrons. The lowest BCUT2D eigenvalue weighted by Gasteiger charge is -2.29. The molecular weight excluding hydrogens is 264 g/mol. The van der Waals surface area contributed by atoms with Gasteiger partial charge in [0.05, 0.1) is 12.9 Å². The number of allylic oxidation sites excluding steroid dienone is 2. The first kappa shape index (κ1) is 15.6. The fourth-order valence-electron chi connectivity index (χ4n) is 2.20. The lowest BCUT2D eigenvalue weighted by molar-refractivity contribution is -0.140. The molecule has 0 aliphatic heterocycles. The molecule has 0 saturated carbocycles. The summed E-state index contributed by atoms with van der Waals surface area (Å²) in [6, 6.07) is 0. The molecule has 0 saturated heterocycles. The van der Waals surface area contributed by atoms with Crippen LogP contribution >= 0.6 is 11.8 Å². The van der Waals surface area contributed by atoms with E-state index in [1.165, 1.54) is 7.11 Å². The van der Waals surface area contributed by atoms with Gasteiger partial charge in [-0.15, -0.1) is 11.8 Å². The molecule has 0 aromatic heterocycles. The Morgan fingerprint density at radius 3 is 2.67 bits per heavy atom. The molecule has 1 aliphatic carbocycles. The average molecular weight is 288 g/mol. The lowest BCUT2D eigenvalue weighted by Crippen LogP contribution is -2.30. The topological polar surface area (TPSA) is 35.5 Å². The van der Waals surface area contributed by atoms with Crippen LogP contribution in [0.2, 0.25) is 19.6 Å². The molecule has 0 amide bonds. The van der Waals surface area contributed by atoms with E-state index in [4.69, 9.17) is 9.16 Å². The minimum atomic E-state index is -1.55. The molecule has 1 rings (SSSR count). The van der Waals surface area contributed by atoms with Crippen LogP contribution < -0.4 is 0 Å². The summed E-state index contributed by atoms with van der Waals surface area (Å²) in [6.45, 7) is 6.55. The second kappa shape index (κ2) is 6.66. The molecule has 18 heavy (non-hydrogen) atoms. The maximum Gasteiger partial charge on any atom is 0.319 e. The van der Waals surface area contributed by atoms with Crippen LogP contribution in [0, 0.1) is 5.92 Å². The van der Waals surface area contributed by atoms with Gasteiger partial charge in [-0.05, 0) is 44.8 Å². The number of carbonyl (C=O) groups excluding carboxylic acids is 1. The molecular formula is C13H24O3SSi. The Morgan fingerprint density at radius 2 is 2.17 bits per heavy atom. The van der Waals surface area contributed by atoms with Gasteiger partial charge in [-0.25, -0.2) is 0 Å². The van der Waals surface area contributed by atoms with E-state index in [1.54, 1.807) is 11.8 Å². The lowest BCUT2D eigenvalue weighted by atomic mass is 9.91. The van der Waals surface area contributed by atoms with Crippen LogP contribution in [0.4, 0.5) is 0 Å². The van der Waals surface area contributed by atoms with Gasteiger partial charge in [0.15, 0.2) is 0 Å². The Labute approximate surface area is 115 Å². The highest BCUT2D eigenvalue weighted by Crippen LogP contribution is 2.32. The van der Waals surface area contributed by atoms with Gasteiger partial charge in [-0.3, -0.25) is 4.79 Å². The summed E-state index contributed by atoms with van der Waals surface area (Å²) in [4.78, 5) is 11.7. The Kier molecular flexibility index (Phi) is 5.78. The first-order valence-electron chi connectivity index (χ1n) is 6.37. The normalized spacial score (nSPS) is 22.1. The van der Waals surface area contributed by atoms with Crippen LogP contribution in [0.15, 0.2) is 11.8 Å². The number of hydrogen-bond acceptors (Lipinski definition) is 4. The third-order valence-electron chi connectivity index (χ3n) is 2.87. The molecule has 3 nitrogen and oxygen atoms in total. The van der Waals surface area contributed by atoms with Crippen molar-refractivity contribution in [2.45, 2.75) is 44.2 Å². The molecule has 0 N–H and O–H groups in total. The average Bonchev–Trinajstić information content (AvgIpc) is 2.28. The molecule has 0 heterocycles.